The molecule has 9 nitrogen and oxygen atoms in total. The minimum absolute atomic E-state index is 0.139. The maximum atomic E-state index is 14.1. The first-order valence-electron chi connectivity index (χ1n) is 13.0. The molecule has 2 heterocycles. The Bertz CT molecular complexity index is 1380. The van der Waals surface area contributed by atoms with E-state index < -0.39 is 23.1 Å². The van der Waals surface area contributed by atoms with Crippen LogP contribution in [0.4, 0.5) is 11.4 Å². The lowest BCUT2D eigenvalue weighted by atomic mass is 9.78. The molecule has 3 aromatic rings. The minimum Gasteiger partial charge on any atom is -0.497 e. The molecule has 3 amide bonds. The van der Waals surface area contributed by atoms with Gasteiger partial charge in [-0.1, -0.05) is 37.5 Å². The predicted octanol–water partition coefficient (Wildman–Crippen LogP) is 3.99. The zero-order valence-corrected chi connectivity index (χ0v) is 21.8. The molecular formula is C30H30N4O5. The molecule has 200 valence electrons. The Kier molecular flexibility index (Phi) is 7.40. The zero-order valence-electron chi connectivity index (χ0n) is 21.8. The van der Waals surface area contributed by atoms with Crippen molar-refractivity contribution in [2.75, 3.05) is 23.9 Å². The van der Waals surface area contributed by atoms with Crippen molar-refractivity contribution >= 4 is 34.9 Å². The summed E-state index contributed by atoms with van der Waals surface area (Å²) in [6.07, 6.45) is 6.77. The van der Waals surface area contributed by atoms with Crippen LogP contribution in [0, 0.1) is 0 Å². The second-order valence-corrected chi connectivity index (χ2v) is 9.85. The van der Waals surface area contributed by atoms with Gasteiger partial charge in [-0.2, -0.15) is 0 Å². The van der Waals surface area contributed by atoms with Crippen LogP contribution in [0.1, 0.15) is 48.0 Å². The number of hydrogen-bond acceptors (Lipinski definition) is 6. The first-order valence-corrected chi connectivity index (χ1v) is 13.0. The SMILES string of the molecule is COc1ccc(NC(=O)C2(N(Cc3cccnc3)C(=O)CN3C(=O)C(=O)c4ccccc43)CCCCC2)cc1. The third kappa shape index (κ3) is 5.12. The maximum absolute atomic E-state index is 14.1. The van der Waals surface area contributed by atoms with E-state index in [1.54, 1.807) is 79.0 Å². The number of hydrogen-bond donors (Lipinski definition) is 1. The molecule has 9 heteroatoms. The molecule has 1 N–H and O–H groups in total. The zero-order chi connectivity index (χ0) is 27.4. The summed E-state index contributed by atoms with van der Waals surface area (Å²) >= 11 is 0. The summed E-state index contributed by atoms with van der Waals surface area (Å²) in [5.41, 5.74) is 0.893. The Morgan fingerprint density at radius 2 is 1.74 bits per heavy atom. The number of carbonyl (C=O) groups excluding carboxylic acids is 4. The van der Waals surface area contributed by atoms with E-state index in [0.717, 1.165) is 24.8 Å². The minimum atomic E-state index is -1.14. The van der Waals surface area contributed by atoms with E-state index in [0.29, 0.717) is 30.0 Å². The molecule has 1 aromatic heterocycles. The summed E-state index contributed by atoms with van der Waals surface area (Å²) in [4.78, 5) is 60.6. The predicted molar refractivity (Wildman–Crippen MR) is 145 cm³/mol. The lowest BCUT2D eigenvalue weighted by molar-refractivity contribution is -0.148. The van der Waals surface area contributed by atoms with Crippen LogP contribution in [0.15, 0.2) is 73.1 Å². The van der Waals surface area contributed by atoms with Crippen molar-refractivity contribution in [1.82, 2.24) is 9.88 Å². The fourth-order valence-electron chi connectivity index (χ4n) is 5.46. The third-order valence-electron chi connectivity index (χ3n) is 7.50. The van der Waals surface area contributed by atoms with E-state index in [-0.39, 0.29) is 24.6 Å². The van der Waals surface area contributed by atoms with Crippen molar-refractivity contribution < 1.29 is 23.9 Å². The van der Waals surface area contributed by atoms with Gasteiger partial charge in [0, 0.05) is 24.6 Å². The lowest BCUT2D eigenvalue weighted by Crippen LogP contribution is -2.61. The number of carbonyl (C=O) groups is 4. The van der Waals surface area contributed by atoms with Crippen molar-refractivity contribution in [3.63, 3.8) is 0 Å². The standard InChI is InChI=1S/C30H30N4O5/c1-39-23-13-11-22(12-14-23)32-29(38)30(15-5-2-6-16-30)34(19-21-8-7-17-31-18-21)26(35)20-33-25-10-4-3-9-24(25)27(36)28(33)37/h3-4,7-14,17-18H,2,5-6,15-16,19-20H2,1H3,(H,32,38). The van der Waals surface area contributed by atoms with E-state index in [2.05, 4.69) is 10.3 Å². The quantitative estimate of drug-likeness (QED) is 0.445. The number of amides is 3. The topological polar surface area (TPSA) is 109 Å². The fraction of sp³-hybridized carbons (Fsp3) is 0.300. The number of ketones is 1. The number of rotatable bonds is 8. The van der Waals surface area contributed by atoms with E-state index in [1.165, 1.54) is 4.90 Å². The maximum Gasteiger partial charge on any atom is 0.299 e. The second-order valence-electron chi connectivity index (χ2n) is 9.85. The molecule has 0 spiro atoms. The smallest absolute Gasteiger partial charge is 0.299 e. The van der Waals surface area contributed by atoms with Crippen LogP contribution in [0.2, 0.25) is 0 Å². The lowest BCUT2D eigenvalue weighted by Gasteiger charge is -2.45. The van der Waals surface area contributed by atoms with Gasteiger partial charge < -0.3 is 15.0 Å². The largest absolute Gasteiger partial charge is 0.497 e. The van der Waals surface area contributed by atoms with Gasteiger partial charge >= 0.3 is 0 Å². The number of ether oxygens (including phenoxy) is 1. The van der Waals surface area contributed by atoms with Crippen molar-refractivity contribution in [3.05, 3.63) is 84.2 Å². The Morgan fingerprint density at radius 1 is 1.00 bits per heavy atom. The van der Waals surface area contributed by atoms with Gasteiger partial charge in [0.1, 0.15) is 17.8 Å². The van der Waals surface area contributed by atoms with Crippen LogP contribution >= 0.6 is 0 Å². The highest BCUT2D eigenvalue weighted by molar-refractivity contribution is 6.52. The first-order chi connectivity index (χ1) is 18.9. The summed E-state index contributed by atoms with van der Waals surface area (Å²) in [7, 11) is 1.57. The number of para-hydroxylation sites is 1. The molecule has 1 fully saturated rings. The monoisotopic (exact) mass is 526 g/mol. The van der Waals surface area contributed by atoms with Crippen LogP contribution in [0.25, 0.3) is 0 Å². The van der Waals surface area contributed by atoms with E-state index in [9.17, 15) is 19.2 Å². The molecule has 2 aliphatic rings. The van der Waals surface area contributed by atoms with E-state index in [1.807, 2.05) is 6.07 Å². The molecule has 0 atom stereocenters. The molecule has 1 aliphatic heterocycles. The molecule has 0 unspecified atom stereocenters. The van der Waals surface area contributed by atoms with Crippen LogP contribution in [0.5, 0.6) is 5.75 Å². The third-order valence-corrected chi connectivity index (χ3v) is 7.50. The van der Waals surface area contributed by atoms with Crippen LogP contribution in [0.3, 0.4) is 0 Å². The summed E-state index contributed by atoms with van der Waals surface area (Å²) < 4.78 is 5.22. The van der Waals surface area contributed by atoms with Gasteiger partial charge in [-0.15, -0.1) is 0 Å². The summed E-state index contributed by atoms with van der Waals surface area (Å²) in [5, 5.41) is 3.01. The number of pyridine rings is 1. The average molecular weight is 527 g/mol. The highest BCUT2D eigenvalue weighted by Crippen LogP contribution is 2.37. The van der Waals surface area contributed by atoms with Crippen LogP contribution in [-0.2, 0) is 20.9 Å². The van der Waals surface area contributed by atoms with Gasteiger partial charge in [0.2, 0.25) is 11.8 Å². The number of fused-ring (bicyclic) bond motifs is 1. The van der Waals surface area contributed by atoms with Crippen molar-refractivity contribution in [1.29, 1.82) is 0 Å². The molecule has 1 saturated carbocycles. The highest BCUT2D eigenvalue weighted by atomic mass is 16.5. The number of nitrogens with zero attached hydrogens (tertiary/aromatic N) is 3. The van der Waals surface area contributed by atoms with Crippen molar-refractivity contribution in [2.24, 2.45) is 0 Å². The number of Topliss-reactive ketones (excluding diaryl/α,β-unsaturated/α-hetero) is 1. The summed E-state index contributed by atoms with van der Waals surface area (Å²) in [6, 6.07) is 17.3. The molecule has 2 aromatic carbocycles. The van der Waals surface area contributed by atoms with Crippen molar-refractivity contribution in [3.8, 4) is 5.75 Å². The first kappa shape index (κ1) is 26.1. The van der Waals surface area contributed by atoms with E-state index in [4.69, 9.17) is 4.74 Å². The number of methoxy groups -OCH3 is 1. The fourth-order valence-corrected chi connectivity index (χ4v) is 5.46. The second kappa shape index (κ2) is 11.1. The number of nitrogens with one attached hydrogen (secondary N) is 1. The van der Waals surface area contributed by atoms with Gasteiger partial charge in [0.25, 0.3) is 11.7 Å². The van der Waals surface area contributed by atoms with E-state index >= 15 is 0 Å². The average Bonchev–Trinajstić information content (AvgIpc) is 3.22. The number of anilines is 2. The summed E-state index contributed by atoms with van der Waals surface area (Å²) in [5.74, 6) is -1.41. The van der Waals surface area contributed by atoms with Crippen LogP contribution < -0.4 is 15.0 Å². The molecule has 5 rings (SSSR count). The molecule has 1 aliphatic carbocycles. The Balaban J connectivity index is 1.49. The van der Waals surface area contributed by atoms with Crippen LogP contribution in [-0.4, -0.2) is 52.6 Å². The molecule has 0 radical (unpaired) electrons. The number of benzene rings is 2. The normalized spacial score (nSPS) is 16.0. The Labute approximate surface area is 226 Å². The van der Waals surface area contributed by atoms with Gasteiger partial charge in [0.05, 0.1) is 18.4 Å². The van der Waals surface area contributed by atoms with Gasteiger partial charge in [0.15, 0.2) is 0 Å². The molecule has 0 bridgehead atoms. The van der Waals surface area contributed by atoms with Gasteiger partial charge in [-0.3, -0.25) is 29.1 Å². The summed E-state index contributed by atoms with van der Waals surface area (Å²) in [6.45, 7) is -0.209. The Morgan fingerprint density at radius 3 is 2.44 bits per heavy atom. The highest BCUT2D eigenvalue weighted by Gasteiger charge is 2.48. The molecule has 39 heavy (non-hydrogen) atoms. The van der Waals surface area contributed by atoms with Gasteiger partial charge in [-0.25, -0.2) is 0 Å². The van der Waals surface area contributed by atoms with Gasteiger partial charge in [-0.05, 0) is 60.9 Å². The number of aromatic nitrogens is 1. The molecular weight excluding hydrogens is 496 g/mol. The van der Waals surface area contributed by atoms with Crippen molar-refractivity contribution in [2.45, 2.75) is 44.2 Å². The Hall–Kier alpha value is -4.53. The molecule has 0 saturated heterocycles.